The van der Waals surface area contributed by atoms with E-state index in [0.717, 1.165) is 17.1 Å². The van der Waals surface area contributed by atoms with Gasteiger partial charge in [-0.3, -0.25) is 0 Å². The Morgan fingerprint density at radius 3 is 2.71 bits per heavy atom. The molecule has 1 heterocycles. The van der Waals surface area contributed by atoms with Crippen LogP contribution in [0.2, 0.25) is 0 Å². The van der Waals surface area contributed by atoms with E-state index in [9.17, 15) is 0 Å². The van der Waals surface area contributed by atoms with Gasteiger partial charge in [0, 0.05) is 7.05 Å². The molecule has 1 aromatic rings. The molecule has 0 aliphatic heterocycles. The normalized spacial score (nSPS) is 18.8. The summed E-state index contributed by atoms with van der Waals surface area (Å²) >= 11 is 3.50. The minimum Gasteiger partial charge on any atom is -0.309 e. The molecule has 1 unspecified atom stereocenters. The van der Waals surface area contributed by atoms with Crippen molar-refractivity contribution in [1.29, 1.82) is 0 Å². The first kappa shape index (κ1) is 13.0. The molecule has 1 atom stereocenters. The van der Waals surface area contributed by atoms with Gasteiger partial charge < -0.3 is 5.32 Å². The Kier molecular flexibility index (Phi) is 4.56. The van der Waals surface area contributed by atoms with Crippen molar-refractivity contribution in [2.45, 2.75) is 45.1 Å². The second-order valence-corrected chi connectivity index (χ2v) is 5.64. The summed E-state index contributed by atoms with van der Waals surface area (Å²) in [6, 6.07) is 0.373. The molecule has 2 rings (SSSR count). The number of hydrogen-bond acceptors (Lipinski definition) is 3. The van der Waals surface area contributed by atoms with E-state index >= 15 is 0 Å². The summed E-state index contributed by atoms with van der Waals surface area (Å²) in [4.78, 5) is 0. The van der Waals surface area contributed by atoms with Crippen molar-refractivity contribution in [3.05, 3.63) is 10.3 Å². The van der Waals surface area contributed by atoms with Gasteiger partial charge in [-0.05, 0) is 34.8 Å². The van der Waals surface area contributed by atoms with Crippen molar-refractivity contribution in [3.8, 4) is 0 Å². The molecule has 1 aliphatic rings. The van der Waals surface area contributed by atoms with Gasteiger partial charge in [0.1, 0.15) is 0 Å². The average Bonchev–Trinajstić information content (AvgIpc) is 2.89. The zero-order chi connectivity index (χ0) is 12.3. The van der Waals surface area contributed by atoms with Crippen LogP contribution in [0.5, 0.6) is 0 Å². The Balaban J connectivity index is 2.10. The van der Waals surface area contributed by atoms with Gasteiger partial charge in [-0.2, -0.15) is 0 Å². The van der Waals surface area contributed by atoms with Crippen LogP contribution in [0.25, 0.3) is 0 Å². The van der Waals surface area contributed by atoms with Gasteiger partial charge in [0.2, 0.25) is 0 Å². The van der Waals surface area contributed by atoms with Crippen LogP contribution in [0.4, 0.5) is 0 Å². The molecule has 1 aliphatic carbocycles. The quantitative estimate of drug-likeness (QED) is 0.909. The summed E-state index contributed by atoms with van der Waals surface area (Å²) in [5.41, 5.74) is 1.18. The Hall–Kier alpha value is -0.420. The summed E-state index contributed by atoms with van der Waals surface area (Å²) in [6.45, 7) is 3.13. The van der Waals surface area contributed by atoms with Crippen molar-refractivity contribution < 1.29 is 0 Å². The van der Waals surface area contributed by atoms with Gasteiger partial charge >= 0.3 is 0 Å². The van der Waals surface area contributed by atoms with E-state index in [0.29, 0.717) is 6.04 Å². The van der Waals surface area contributed by atoms with Crippen molar-refractivity contribution in [3.63, 3.8) is 0 Å². The highest BCUT2D eigenvalue weighted by molar-refractivity contribution is 9.10. The second-order valence-electron chi connectivity index (χ2n) is 4.89. The fourth-order valence-electron chi connectivity index (χ4n) is 2.83. The maximum absolute atomic E-state index is 4.08. The molecule has 17 heavy (non-hydrogen) atoms. The van der Waals surface area contributed by atoms with Gasteiger partial charge in [0.25, 0.3) is 0 Å². The van der Waals surface area contributed by atoms with Gasteiger partial charge in [-0.1, -0.05) is 37.8 Å². The van der Waals surface area contributed by atoms with Crippen molar-refractivity contribution >= 4 is 15.9 Å². The summed E-state index contributed by atoms with van der Waals surface area (Å²) in [6.07, 6.45) is 6.76. The zero-order valence-electron chi connectivity index (χ0n) is 10.6. The molecule has 0 bridgehead atoms. The van der Waals surface area contributed by atoms with E-state index < -0.39 is 0 Å². The number of rotatable bonds is 5. The van der Waals surface area contributed by atoms with Gasteiger partial charge in [-0.25, -0.2) is 4.68 Å². The van der Waals surface area contributed by atoms with Crippen LogP contribution in [-0.2, 0) is 7.05 Å². The van der Waals surface area contributed by atoms with E-state index in [4.69, 9.17) is 0 Å². The number of aryl methyl sites for hydroxylation is 1. The third-order valence-corrected chi connectivity index (χ3v) is 4.22. The van der Waals surface area contributed by atoms with Gasteiger partial charge in [0.05, 0.1) is 11.7 Å². The number of aromatic nitrogens is 3. The monoisotopic (exact) mass is 300 g/mol. The minimum absolute atomic E-state index is 0.373. The molecule has 0 amide bonds. The topological polar surface area (TPSA) is 42.7 Å². The first-order valence-corrected chi connectivity index (χ1v) is 7.30. The average molecular weight is 301 g/mol. The standard InChI is InChI=1S/C12H21BrN4/c1-3-14-10(8-9-6-4-5-7-9)11-12(13)15-16-17(11)2/h9-10,14H,3-8H2,1-2H3. The molecule has 0 spiro atoms. The van der Waals surface area contributed by atoms with Gasteiger partial charge in [-0.15, -0.1) is 5.10 Å². The molecule has 0 radical (unpaired) electrons. The highest BCUT2D eigenvalue weighted by Gasteiger charge is 2.24. The van der Waals surface area contributed by atoms with E-state index in [1.807, 2.05) is 11.7 Å². The Morgan fingerprint density at radius 2 is 2.18 bits per heavy atom. The van der Waals surface area contributed by atoms with Crippen LogP contribution in [-0.4, -0.2) is 21.5 Å². The molecular weight excluding hydrogens is 280 g/mol. The third kappa shape index (κ3) is 3.07. The molecule has 96 valence electrons. The number of hydrogen-bond donors (Lipinski definition) is 1. The Labute approximate surface area is 111 Å². The molecule has 0 saturated heterocycles. The maximum Gasteiger partial charge on any atom is 0.153 e. The van der Waals surface area contributed by atoms with Crippen molar-refractivity contribution in [2.75, 3.05) is 6.54 Å². The van der Waals surface area contributed by atoms with E-state index in [1.54, 1.807) is 0 Å². The van der Waals surface area contributed by atoms with Crippen LogP contribution < -0.4 is 5.32 Å². The smallest absolute Gasteiger partial charge is 0.153 e. The highest BCUT2D eigenvalue weighted by Crippen LogP contribution is 2.34. The molecule has 1 N–H and O–H groups in total. The fraction of sp³-hybridized carbons (Fsp3) is 0.833. The summed E-state index contributed by atoms with van der Waals surface area (Å²) in [7, 11) is 1.96. The summed E-state index contributed by atoms with van der Waals surface area (Å²) in [5.74, 6) is 0.862. The van der Waals surface area contributed by atoms with E-state index in [2.05, 4.69) is 38.5 Å². The number of nitrogens with one attached hydrogen (secondary N) is 1. The largest absolute Gasteiger partial charge is 0.309 e. The molecular formula is C12H21BrN4. The molecule has 1 fully saturated rings. The number of halogens is 1. The first-order chi connectivity index (χ1) is 8.22. The van der Waals surface area contributed by atoms with E-state index in [-0.39, 0.29) is 0 Å². The lowest BCUT2D eigenvalue weighted by Gasteiger charge is -2.21. The van der Waals surface area contributed by atoms with Crippen molar-refractivity contribution in [1.82, 2.24) is 20.3 Å². The lowest BCUT2D eigenvalue weighted by molar-refractivity contribution is 0.384. The summed E-state index contributed by atoms with van der Waals surface area (Å²) < 4.78 is 2.76. The Bertz CT molecular complexity index is 338. The van der Waals surface area contributed by atoms with Crippen LogP contribution in [0.3, 0.4) is 0 Å². The maximum atomic E-state index is 4.08. The molecule has 1 aromatic heterocycles. The summed E-state index contributed by atoms with van der Waals surface area (Å²) in [5, 5.41) is 11.7. The second kappa shape index (κ2) is 5.96. The van der Waals surface area contributed by atoms with Crippen LogP contribution in [0.1, 0.15) is 50.8 Å². The van der Waals surface area contributed by atoms with Crippen LogP contribution >= 0.6 is 15.9 Å². The molecule has 1 saturated carbocycles. The first-order valence-electron chi connectivity index (χ1n) is 6.50. The van der Waals surface area contributed by atoms with Crippen LogP contribution in [0, 0.1) is 5.92 Å². The lowest BCUT2D eigenvalue weighted by atomic mass is 9.96. The van der Waals surface area contributed by atoms with Gasteiger partial charge in [0.15, 0.2) is 4.60 Å². The third-order valence-electron chi connectivity index (χ3n) is 3.65. The predicted octanol–water partition coefficient (Wildman–Crippen LogP) is 2.81. The SMILES string of the molecule is CCNC(CC1CCCC1)c1c(Br)nnn1C. The highest BCUT2D eigenvalue weighted by atomic mass is 79.9. The number of nitrogens with zero attached hydrogens (tertiary/aromatic N) is 3. The molecule has 4 nitrogen and oxygen atoms in total. The molecule has 0 aromatic carbocycles. The van der Waals surface area contributed by atoms with E-state index in [1.165, 1.54) is 37.8 Å². The zero-order valence-corrected chi connectivity index (χ0v) is 12.2. The Morgan fingerprint density at radius 1 is 1.47 bits per heavy atom. The predicted molar refractivity (Wildman–Crippen MR) is 71.7 cm³/mol. The fourth-order valence-corrected chi connectivity index (χ4v) is 3.43. The van der Waals surface area contributed by atoms with Crippen molar-refractivity contribution in [2.24, 2.45) is 13.0 Å². The molecule has 5 heteroatoms. The minimum atomic E-state index is 0.373. The van der Waals surface area contributed by atoms with Crippen LogP contribution in [0.15, 0.2) is 4.60 Å². The lowest BCUT2D eigenvalue weighted by Crippen LogP contribution is -2.25.